The van der Waals surface area contributed by atoms with Gasteiger partial charge in [-0.15, -0.1) is 0 Å². The van der Waals surface area contributed by atoms with Gasteiger partial charge in [0.2, 0.25) is 0 Å². The van der Waals surface area contributed by atoms with Crippen LogP contribution in [-0.4, -0.2) is 17.8 Å². The second kappa shape index (κ2) is 8.00. The van der Waals surface area contributed by atoms with Crippen LogP contribution in [0.4, 0.5) is 10.5 Å². The van der Waals surface area contributed by atoms with Crippen LogP contribution in [0.25, 0.3) is 22.3 Å². The Hall–Kier alpha value is -4.05. The SMILES string of the molecule is O=C(Nc1ccc(-c2ccc(O)cc2)cc1)OCC1c2ccccc2-c2ccccc21. The minimum atomic E-state index is -0.473. The molecule has 0 aromatic heterocycles. The summed E-state index contributed by atoms with van der Waals surface area (Å²) in [4.78, 5) is 12.4. The van der Waals surface area contributed by atoms with Crippen LogP contribution in [0.5, 0.6) is 5.75 Å². The number of hydrogen-bond donors (Lipinski definition) is 2. The van der Waals surface area contributed by atoms with Crippen molar-refractivity contribution in [3.8, 4) is 28.0 Å². The molecule has 4 aromatic rings. The molecule has 152 valence electrons. The van der Waals surface area contributed by atoms with Gasteiger partial charge in [-0.2, -0.15) is 0 Å². The fourth-order valence-electron chi connectivity index (χ4n) is 4.15. The number of phenolic OH excluding ortho intramolecular Hbond substituents is 1. The van der Waals surface area contributed by atoms with E-state index >= 15 is 0 Å². The van der Waals surface area contributed by atoms with Crippen molar-refractivity contribution in [2.24, 2.45) is 0 Å². The number of rotatable bonds is 4. The van der Waals surface area contributed by atoms with Crippen molar-refractivity contribution in [2.75, 3.05) is 11.9 Å². The number of benzene rings is 4. The van der Waals surface area contributed by atoms with Gasteiger partial charge in [-0.1, -0.05) is 72.8 Å². The van der Waals surface area contributed by atoms with Gasteiger partial charge in [-0.25, -0.2) is 4.79 Å². The number of anilines is 1. The van der Waals surface area contributed by atoms with Gasteiger partial charge in [0, 0.05) is 11.6 Å². The quantitative estimate of drug-likeness (QED) is 0.410. The predicted molar refractivity (Wildman–Crippen MR) is 122 cm³/mol. The maximum Gasteiger partial charge on any atom is 0.411 e. The van der Waals surface area contributed by atoms with E-state index in [2.05, 4.69) is 29.6 Å². The minimum absolute atomic E-state index is 0.0371. The van der Waals surface area contributed by atoms with Crippen LogP contribution in [0.3, 0.4) is 0 Å². The third kappa shape index (κ3) is 3.76. The van der Waals surface area contributed by atoms with Crippen LogP contribution in [-0.2, 0) is 4.74 Å². The molecular formula is C27H21NO3. The third-order valence-electron chi connectivity index (χ3n) is 5.68. The Bertz CT molecular complexity index is 1180. The Labute approximate surface area is 180 Å². The summed E-state index contributed by atoms with van der Waals surface area (Å²) in [6.45, 7) is 0.283. The van der Waals surface area contributed by atoms with Gasteiger partial charge in [-0.3, -0.25) is 5.32 Å². The molecule has 0 saturated heterocycles. The molecule has 0 unspecified atom stereocenters. The number of aromatic hydroxyl groups is 1. The molecule has 0 aliphatic heterocycles. The first-order chi connectivity index (χ1) is 15.2. The molecule has 0 heterocycles. The van der Waals surface area contributed by atoms with E-state index in [-0.39, 0.29) is 18.3 Å². The summed E-state index contributed by atoms with van der Waals surface area (Å²) < 4.78 is 5.59. The molecule has 4 nitrogen and oxygen atoms in total. The minimum Gasteiger partial charge on any atom is -0.508 e. The zero-order valence-corrected chi connectivity index (χ0v) is 16.8. The summed E-state index contributed by atoms with van der Waals surface area (Å²) in [5.41, 5.74) is 7.45. The molecule has 1 amide bonds. The molecule has 1 aliphatic rings. The average molecular weight is 407 g/mol. The van der Waals surface area contributed by atoms with Crippen LogP contribution in [0.1, 0.15) is 17.0 Å². The number of carbonyl (C=O) groups excluding carboxylic acids is 1. The van der Waals surface area contributed by atoms with E-state index in [4.69, 9.17) is 4.74 Å². The van der Waals surface area contributed by atoms with E-state index in [1.165, 1.54) is 22.3 Å². The van der Waals surface area contributed by atoms with Crippen LogP contribution < -0.4 is 5.32 Å². The standard InChI is InChI=1S/C27H21NO3/c29-21-15-11-19(12-16-21)18-9-13-20(14-10-18)28-27(30)31-17-26-24-7-3-1-5-22(24)23-6-2-4-8-25(23)26/h1-16,26,29H,17H2,(H,28,30). The Balaban J connectivity index is 1.25. The molecule has 0 bridgehead atoms. The van der Waals surface area contributed by atoms with Crippen molar-refractivity contribution in [2.45, 2.75) is 5.92 Å². The maximum atomic E-state index is 12.4. The van der Waals surface area contributed by atoms with Crippen LogP contribution in [0.2, 0.25) is 0 Å². The van der Waals surface area contributed by atoms with E-state index in [0.717, 1.165) is 11.1 Å². The van der Waals surface area contributed by atoms with E-state index in [1.807, 2.05) is 60.7 Å². The molecular weight excluding hydrogens is 386 g/mol. The van der Waals surface area contributed by atoms with Gasteiger partial charge >= 0.3 is 6.09 Å². The number of carbonyl (C=O) groups is 1. The fourth-order valence-corrected chi connectivity index (χ4v) is 4.15. The highest BCUT2D eigenvalue weighted by Crippen LogP contribution is 2.44. The number of amides is 1. The zero-order chi connectivity index (χ0) is 21.2. The lowest BCUT2D eigenvalue weighted by Crippen LogP contribution is -2.17. The largest absolute Gasteiger partial charge is 0.508 e. The maximum absolute atomic E-state index is 12.4. The normalized spacial score (nSPS) is 12.1. The number of nitrogens with one attached hydrogen (secondary N) is 1. The van der Waals surface area contributed by atoms with E-state index in [0.29, 0.717) is 5.69 Å². The van der Waals surface area contributed by atoms with Gasteiger partial charge < -0.3 is 9.84 Å². The molecule has 31 heavy (non-hydrogen) atoms. The summed E-state index contributed by atoms with van der Waals surface area (Å²) in [6.07, 6.45) is -0.473. The van der Waals surface area contributed by atoms with Gasteiger partial charge in [0.1, 0.15) is 12.4 Å². The molecule has 0 saturated carbocycles. The van der Waals surface area contributed by atoms with Crippen molar-refractivity contribution in [3.63, 3.8) is 0 Å². The van der Waals surface area contributed by atoms with Crippen LogP contribution in [0, 0.1) is 0 Å². The van der Waals surface area contributed by atoms with Gasteiger partial charge in [-0.05, 0) is 57.6 Å². The van der Waals surface area contributed by atoms with Crippen LogP contribution in [0.15, 0.2) is 97.1 Å². The van der Waals surface area contributed by atoms with E-state index in [1.54, 1.807) is 12.1 Å². The van der Waals surface area contributed by atoms with Crippen molar-refractivity contribution in [1.29, 1.82) is 0 Å². The summed E-state index contributed by atoms with van der Waals surface area (Å²) >= 11 is 0. The first-order valence-electron chi connectivity index (χ1n) is 10.2. The Kier molecular flexibility index (Phi) is 4.89. The lowest BCUT2D eigenvalue weighted by Gasteiger charge is -2.14. The summed E-state index contributed by atoms with van der Waals surface area (Å²) in [5.74, 6) is 0.271. The van der Waals surface area contributed by atoms with Crippen molar-refractivity contribution in [1.82, 2.24) is 0 Å². The summed E-state index contributed by atoms with van der Waals surface area (Å²) in [7, 11) is 0. The number of hydrogen-bond acceptors (Lipinski definition) is 3. The second-order valence-corrected chi connectivity index (χ2v) is 7.57. The summed E-state index contributed by atoms with van der Waals surface area (Å²) in [5, 5.41) is 12.2. The van der Waals surface area contributed by atoms with E-state index in [9.17, 15) is 9.90 Å². The third-order valence-corrected chi connectivity index (χ3v) is 5.68. The number of phenols is 1. The Morgan fingerprint density at radius 1 is 0.742 bits per heavy atom. The molecule has 0 atom stereocenters. The molecule has 4 aromatic carbocycles. The average Bonchev–Trinajstić information content (AvgIpc) is 3.13. The lowest BCUT2D eigenvalue weighted by molar-refractivity contribution is 0.158. The highest BCUT2D eigenvalue weighted by molar-refractivity contribution is 5.85. The van der Waals surface area contributed by atoms with Gasteiger partial charge in [0.15, 0.2) is 0 Å². The van der Waals surface area contributed by atoms with Crippen molar-refractivity contribution in [3.05, 3.63) is 108 Å². The first kappa shape index (κ1) is 18.9. The highest BCUT2D eigenvalue weighted by Gasteiger charge is 2.28. The van der Waals surface area contributed by atoms with Gasteiger partial charge in [0.05, 0.1) is 0 Å². The molecule has 1 aliphatic carbocycles. The topological polar surface area (TPSA) is 58.6 Å². The van der Waals surface area contributed by atoms with Crippen LogP contribution >= 0.6 is 0 Å². The smallest absolute Gasteiger partial charge is 0.411 e. The number of fused-ring (bicyclic) bond motifs is 3. The molecule has 0 fully saturated rings. The first-order valence-corrected chi connectivity index (χ1v) is 10.2. The van der Waals surface area contributed by atoms with Crippen molar-refractivity contribution < 1.29 is 14.6 Å². The zero-order valence-electron chi connectivity index (χ0n) is 16.8. The van der Waals surface area contributed by atoms with E-state index < -0.39 is 6.09 Å². The summed E-state index contributed by atoms with van der Waals surface area (Å²) in [6, 6.07) is 31.1. The number of ether oxygens (including phenoxy) is 1. The Morgan fingerprint density at radius 3 is 1.84 bits per heavy atom. The van der Waals surface area contributed by atoms with Gasteiger partial charge in [0.25, 0.3) is 0 Å². The molecule has 0 spiro atoms. The van der Waals surface area contributed by atoms with Crippen molar-refractivity contribution >= 4 is 11.8 Å². The lowest BCUT2D eigenvalue weighted by atomic mass is 9.98. The fraction of sp³-hybridized carbons (Fsp3) is 0.0741. The monoisotopic (exact) mass is 407 g/mol. The molecule has 0 radical (unpaired) electrons. The second-order valence-electron chi connectivity index (χ2n) is 7.57. The Morgan fingerprint density at radius 2 is 1.26 bits per heavy atom. The molecule has 2 N–H and O–H groups in total. The molecule has 4 heteroatoms. The predicted octanol–water partition coefficient (Wildman–Crippen LogP) is 6.42. The molecule has 5 rings (SSSR count). The highest BCUT2D eigenvalue weighted by atomic mass is 16.5.